The lowest BCUT2D eigenvalue weighted by Gasteiger charge is -1.98. The van der Waals surface area contributed by atoms with E-state index in [1.54, 1.807) is 0 Å². The fourth-order valence-corrected chi connectivity index (χ4v) is 1.49. The average Bonchev–Trinajstić information content (AvgIpc) is 2.90. The largest absolute Gasteiger partial charge is 0.235 e. The molecule has 72 valence electrons. The topological polar surface area (TPSA) is 29.4 Å². The third kappa shape index (κ3) is 1.56. The van der Waals surface area contributed by atoms with Crippen molar-refractivity contribution in [1.29, 1.82) is 0 Å². The maximum absolute atomic E-state index is 12.8. The first-order valence-electron chi connectivity index (χ1n) is 4.24. The number of carbonyl (C=O) groups excluding carboxylic acids is 1. The number of hydrogen-bond acceptors (Lipinski definition) is 2. The lowest BCUT2D eigenvalue weighted by molar-refractivity contribution is 0.507. The molecule has 0 aromatic heterocycles. The first kappa shape index (κ1) is 9.03. The van der Waals surface area contributed by atoms with Crippen molar-refractivity contribution in [3.63, 3.8) is 0 Å². The highest BCUT2D eigenvalue weighted by molar-refractivity contribution is 5.38. The molecule has 0 bridgehead atoms. The molecule has 1 aromatic carbocycles. The third-order valence-corrected chi connectivity index (χ3v) is 2.35. The summed E-state index contributed by atoms with van der Waals surface area (Å²) in [7, 11) is 0. The zero-order valence-electron chi connectivity index (χ0n) is 7.21. The van der Waals surface area contributed by atoms with Gasteiger partial charge in [-0.25, -0.2) is 18.6 Å². The first-order valence-corrected chi connectivity index (χ1v) is 4.24. The van der Waals surface area contributed by atoms with Gasteiger partial charge in [0.05, 0.1) is 6.04 Å². The smallest absolute Gasteiger partial charge is 0.211 e. The van der Waals surface area contributed by atoms with E-state index in [0.717, 1.165) is 12.1 Å². The quantitative estimate of drug-likeness (QED) is 0.525. The van der Waals surface area contributed by atoms with Crippen LogP contribution in [0.3, 0.4) is 0 Å². The molecule has 1 fully saturated rings. The number of rotatable bonds is 2. The van der Waals surface area contributed by atoms with E-state index in [-0.39, 0.29) is 12.0 Å². The SMILES string of the molecule is O=C=N[C@@H]1CC1c1ccc(F)c(F)c1. The van der Waals surface area contributed by atoms with Gasteiger partial charge in [-0.2, -0.15) is 0 Å². The monoisotopic (exact) mass is 195 g/mol. The molecule has 1 aliphatic rings. The van der Waals surface area contributed by atoms with E-state index in [2.05, 4.69) is 4.99 Å². The maximum Gasteiger partial charge on any atom is 0.235 e. The van der Waals surface area contributed by atoms with Gasteiger partial charge in [0.25, 0.3) is 0 Å². The van der Waals surface area contributed by atoms with Gasteiger partial charge in [0, 0.05) is 5.92 Å². The summed E-state index contributed by atoms with van der Waals surface area (Å²) in [6.07, 6.45) is 2.17. The van der Waals surface area contributed by atoms with Gasteiger partial charge in [0.2, 0.25) is 6.08 Å². The molecule has 2 nitrogen and oxygen atoms in total. The molecule has 2 rings (SSSR count). The minimum absolute atomic E-state index is 0.0477. The molecule has 0 N–H and O–H groups in total. The Morgan fingerprint density at radius 1 is 1.36 bits per heavy atom. The number of benzene rings is 1. The van der Waals surface area contributed by atoms with Crippen LogP contribution in [0, 0.1) is 11.6 Å². The van der Waals surface area contributed by atoms with Crippen molar-refractivity contribution in [2.75, 3.05) is 0 Å². The Morgan fingerprint density at radius 3 is 2.79 bits per heavy atom. The Hall–Kier alpha value is -1.54. The summed E-state index contributed by atoms with van der Waals surface area (Å²) in [5.41, 5.74) is 0.688. The maximum atomic E-state index is 12.8. The van der Waals surface area contributed by atoms with Gasteiger partial charge in [-0.15, -0.1) is 0 Å². The van der Waals surface area contributed by atoms with Gasteiger partial charge in [-0.3, -0.25) is 0 Å². The van der Waals surface area contributed by atoms with Crippen LogP contribution in [-0.2, 0) is 4.79 Å². The number of halogens is 2. The Morgan fingerprint density at radius 2 is 2.14 bits per heavy atom. The van der Waals surface area contributed by atoms with Crippen molar-refractivity contribution >= 4 is 6.08 Å². The molecule has 0 saturated heterocycles. The highest BCUT2D eigenvalue weighted by atomic mass is 19.2. The van der Waals surface area contributed by atoms with E-state index in [4.69, 9.17) is 0 Å². The molecule has 1 aromatic rings. The summed E-state index contributed by atoms with van der Waals surface area (Å²) in [6.45, 7) is 0. The molecule has 1 unspecified atom stereocenters. The van der Waals surface area contributed by atoms with E-state index >= 15 is 0 Å². The molecule has 1 aliphatic carbocycles. The van der Waals surface area contributed by atoms with Crippen LogP contribution in [0.2, 0.25) is 0 Å². The fraction of sp³-hybridized carbons (Fsp3) is 0.300. The lowest BCUT2D eigenvalue weighted by Crippen LogP contribution is -1.89. The van der Waals surface area contributed by atoms with Crippen molar-refractivity contribution in [2.45, 2.75) is 18.4 Å². The number of hydrogen-bond donors (Lipinski definition) is 0. The predicted molar refractivity (Wildman–Crippen MR) is 45.6 cm³/mol. The highest BCUT2D eigenvalue weighted by Gasteiger charge is 2.38. The Balaban J connectivity index is 2.19. The second kappa shape index (κ2) is 3.31. The molecule has 0 spiro atoms. The summed E-state index contributed by atoms with van der Waals surface area (Å²) in [4.78, 5) is 13.5. The lowest BCUT2D eigenvalue weighted by atomic mass is 10.1. The highest BCUT2D eigenvalue weighted by Crippen LogP contribution is 2.43. The van der Waals surface area contributed by atoms with Crippen LogP contribution < -0.4 is 0 Å². The minimum atomic E-state index is -0.858. The molecule has 0 amide bonds. The summed E-state index contributed by atoms with van der Waals surface area (Å²) >= 11 is 0. The summed E-state index contributed by atoms with van der Waals surface area (Å²) < 4.78 is 25.4. The summed E-state index contributed by atoms with van der Waals surface area (Å²) in [5, 5.41) is 0. The second-order valence-corrected chi connectivity index (χ2v) is 3.30. The molecule has 4 heteroatoms. The van der Waals surface area contributed by atoms with Gasteiger partial charge in [-0.05, 0) is 24.1 Å². The predicted octanol–water partition coefficient (Wildman–Crippen LogP) is 2.16. The standard InChI is InChI=1S/C10H7F2NO/c11-8-2-1-6(3-9(8)12)7-4-10(7)13-5-14/h1-3,7,10H,4H2/t7?,10-/m1/s1. The van der Waals surface area contributed by atoms with E-state index in [1.165, 1.54) is 12.1 Å². The van der Waals surface area contributed by atoms with Crippen molar-refractivity contribution in [1.82, 2.24) is 0 Å². The van der Waals surface area contributed by atoms with E-state index < -0.39 is 11.6 Å². The number of aliphatic imine (C=N–C) groups is 1. The average molecular weight is 195 g/mol. The molecule has 0 heterocycles. The summed E-state index contributed by atoms with van der Waals surface area (Å²) in [5.74, 6) is -1.67. The molecule has 1 saturated carbocycles. The van der Waals surface area contributed by atoms with E-state index in [9.17, 15) is 13.6 Å². The van der Waals surface area contributed by atoms with Gasteiger partial charge in [-0.1, -0.05) is 6.07 Å². The van der Waals surface area contributed by atoms with Crippen molar-refractivity contribution in [3.05, 3.63) is 35.4 Å². The van der Waals surface area contributed by atoms with Crippen LogP contribution in [-0.4, -0.2) is 12.1 Å². The second-order valence-electron chi connectivity index (χ2n) is 3.30. The van der Waals surface area contributed by atoms with Gasteiger partial charge >= 0.3 is 0 Å². The van der Waals surface area contributed by atoms with Crippen LogP contribution in [0.1, 0.15) is 17.9 Å². The Labute approximate surface area is 79.3 Å². The molecule has 0 radical (unpaired) electrons. The van der Waals surface area contributed by atoms with Crippen LogP contribution in [0.4, 0.5) is 8.78 Å². The van der Waals surface area contributed by atoms with Crippen LogP contribution in [0.15, 0.2) is 23.2 Å². The third-order valence-electron chi connectivity index (χ3n) is 2.35. The first-order chi connectivity index (χ1) is 6.72. The minimum Gasteiger partial charge on any atom is -0.211 e. The molecule has 14 heavy (non-hydrogen) atoms. The fourth-order valence-electron chi connectivity index (χ4n) is 1.49. The normalized spacial score (nSPS) is 24.1. The molecule has 0 aliphatic heterocycles. The van der Waals surface area contributed by atoms with Crippen molar-refractivity contribution in [3.8, 4) is 0 Å². The van der Waals surface area contributed by atoms with Gasteiger partial charge in [0.15, 0.2) is 11.6 Å². The molecular formula is C10H7F2NO. The van der Waals surface area contributed by atoms with E-state index in [1.807, 2.05) is 0 Å². The Bertz CT molecular complexity index is 413. The number of nitrogens with zero attached hydrogens (tertiary/aromatic N) is 1. The molecule has 2 atom stereocenters. The van der Waals surface area contributed by atoms with Crippen molar-refractivity contribution < 1.29 is 13.6 Å². The van der Waals surface area contributed by atoms with Crippen molar-refractivity contribution in [2.24, 2.45) is 4.99 Å². The zero-order valence-corrected chi connectivity index (χ0v) is 7.21. The van der Waals surface area contributed by atoms with Crippen LogP contribution >= 0.6 is 0 Å². The zero-order chi connectivity index (χ0) is 10.1. The number of isocyanates is 1. The molecular weight excluding hydrogens is 188 g/mol. The van der Waals surface area contributed by atoms with E-state index in [0.29, 0.717) is 12.0 Å². The summed E-state index contributed by atoms with van der Waals surface area (Å²) in [6, 6.07) is 3.66. The van der Waals surface area contributed by atoms with Crippen LogP contribution in [0.5, 0.6) is 0 Å². The van der Waals surface area contributed by atoms with Gasteiger partial charge < -0.3 is 0 Å². The van der Waals surface area contributed by atoms with Gasteiger partial charge in [0.1, 0.15) is 0 Å². The Kier molecular flexibility index (Phi) is 2.14. The van der Waals surface area contributed by atoms with Crippen LogP contribution in [0.25, 0.3) is 0 Å².